The number of nitrogens with one attached hydrogen (secondary N) is 1. The number of fused-ring (bicyclic) bond motifs is 1. The van der Waals surface area contributed by atoms with E-state index in [1.807, 2.05) is 19.1 Å². The van der Waals surface area contributed by atoms with E-state index >= 15 is 0 Å². The lowest BCUT2D eigenvalue weighted by molar-refractivity contribution is 0.206. The molecule has 6 nitrogen and oxygen atoms in total. The van der Waals surface area contributed by atoms with Gasteiger partial charge in [0.25, 0.3) is 0 Å². The molecule has 1 N–H and O–H groups in total. The molecule has 0 aliphatic rings. The van der Waals surface area contributed by atoms with Gasteiger partial charge in [-0.05, 0) is 19.1 Å². The van der Waals surface area contributed by atoms with Crippen LogP contribution in [0.5, 0.6) is 0 Å². The Hall–Kier alpha value is -2.37. The molecule has 18 heavy (non-hydrogen) atoms. The van der Waals surface area contributed by atoms with Gasteiger partial charge >= 0.3 is 12.1 Å². The van der Waals surface area contributed by atoms with Crippen molar-refractivity contribution in [3.63, 3.8) is 0 Å². The van der Waals surface area contributed by atoms with Gasteiger partial charge in [-0.15, -0.1) is 0 Å². The number of imide groups is 1. The van der Waals surface area contributed by atoms with Crippen molar-refractivity contribution in [2.24, 2.45) is 0 Å². The summed E-state index contributed by atoms with van der Waals surface area (Å²) < 4.78 is 1.32. The standard InChI is InChI=1S/C12H14N4O2/c1-3-15(2)11(17)14-12(18)16-8-13-9-6-4-5-7-10(9)16/h4-8H,3H2,1-2H3,(H,14,17,18). The summed E-state index contributed by atoms with van der Waals surface area (Å²) >= 11 is 0. The van der Waals surface area contributed by atoms with Gasteiger partial charge in [0.1, 0.15) is 6.33 Å². The predicted molar refractivity (Wildman–Crippen MR) is 67.4 cm³/mol. The molecule has 0 spiro atoms. The summed E-state index contributed by atoms with van der Waals surface area (Å²) in [7, 11) is 1.62. The maximum Gasteiger partial charge on any atom is 0.335 e. The number of rotatable bonds is 1. The summed E-state index contributed by atoms with van der Waals surface area (Å²) in [5, 5.41) is 2.30. The van der Waals surface area contributed by atoms with Gasteiger partial charge in [0, 0.05) is 13.6 Å². The van der Waals surface area contributed by atoms with Crippen LogP contribution in [0.2, 0.25) is 0 Å². The van der Waals surface area contributed by atoms with Gasteiger partial charge in [-0.1, -0.05) is 12.1 Å². The summed E-state index contributed by atoms with van der Waals surface area (Å²) in [6.07, 6.45) is 1.40. The van der Waals surface area contributed by atoms with E-state index in [9.17, 15) is 9.59 Å². The molecule has 0 radical (unpaired) electrons. The topological polar surface area (TPSA) is 67.2 Å². The van der Waals surface area contributed by atoms with Crippen molar-refractivity contribution < 1.29 is 9.59 Å². The number of hydrogen-bond donors (Lipinski definition) is 1. The maximum atomic E-state index is 11.9. The van der Waals surface area contributed by atoms with Crippen LogP contribution in [0.4, 0.5) is 9.59 Å². The normalized spacial score (nSPS) is 10.3. The lowest BCUT2D eigenvalue weighted by Gasteiger charge is -2.14. The zero-order valence-corrected chi connectivity index (χ0v) is 10.3. The first-order chi connectivity index (χ1) is 8.63. The predicted octanol–water partition coefficient (Wildman–Crippen LogP) is 1.67. The second-order valence-corrected chi connectivity index (χ2v) is 3.85. The molecule has 6 heteroatoms. The third-order valence-corrected chi connectivity index (χ3v) is 2.71. The van der Waals surface area contributed by atoms with Crippen LogP contribution in [0.3, 0.4) is 0 Å². The van der Waals surface area contributed by atoms with Gasteiger partial charge in [-0.2, -0.15) is 0 Å². The molecule has 2 rings (SSSR count). The number of carbonyl (C=O) groups is 2. The third kappa shape index (κ3) is 2.17. The Morgan fingerprint density at radius 3 is 2.83 bits per heavy atom. The average molecular weight is 246 g/mol. The van der Waals surface area contributed by atoms with Gasteiger partial charge < -0.3 is 4.90 Å². The fourth-order valence-electron chi connectivity index (χ4n) is 1.51. The molecule has 0 saturated heterocycles. The van der Waals surface area contributed by atoms with Crippen LogP contribution in [0, 0.1) is 0 Å². The maximum absolute atomic E-state index is 11.9. The molecule has 0 aliphatic carbocycles. The summed E-state index contributed by atoms with van der Waals surface area (Å²) in [6.45, 7) is 2.36. The fraction of sp³-hybridized carbons (Fsp3) is 0.250. The minimum Gasteiger partial charge on any atom is -0.328 e. The second-order valence-electron chi connectivity index (χ2n) is 3.85. The Balaban J connectivity index is 2.22. The van der Waals surface area contributed by atoms with Gasteiger partial charge in [-0.25, -0.2) is 14.6 Å². The largest absolute Gasteiger partial charge is 0.335 e. The molecule has 1 aromatic heterocycles. The molecule has 3 amide bonds. The average Bonchev–Trinajstić information content (AvgIpc) is 2.81. The number of nitrogens with zero attached hydrogens (tertiary/aromatic N) is 3. The monoisotopic (exact) mass is 246 g/mol. The van der Waals surface area contributed by atoms with Crippen LogP contribution >= 0.6 is 0 Å². The van der Waals surface area contributed by atoms with Crippen LogP contribution < -0.4 is 5.32 Å². The number of carbonyl (C=O) groups excluding carboxylic acids is 2. The molecule has 1 heterocycles. The highest BCUT2D eigenvalue weighted by atomic mass is 16.2. The second kappa shape index (κ2) is 4.87. The van der Waals surface area contributed by atoms with E-state index in [2.05, 4.69) is 10.3 Å². The summed E-state index contributed by atoms with van der Waals surface area (Å²) in [5.74, 6) is 0. The van der Waals surface area contributed by atoms with Crippen molar-refractivity contribution in [2.45, 2.75) is 6.92 Å². The Kier molecular flexibility index (Phi) is 3.27. The van der Waals surface area contributed by atoms with E-state index in [-0.39, 0.29) is 0 Å². The highest BCUT2D eigenvalue weighted by molar-refractivity contribution is 5.98. The summed E-state index contributed by atoms with van der Waals surface area (Å²) in [4.78, 5) is 29.0. The Morgan fingerprint density at radius 2 is 2.11 bits per heavy atom. The molecule has 0 saturated carbocycles. The number of para-hydroxylation sites is 2. The molecule has 2 aromatic rings. The Labute approximate surface area is 104 Å². The van der Waals surface area contributed by atoms with Crippen LogP contribution in [-0.2, 0) is 0 Å². The molecule has 0 fully saturated rings. The summed E-state index contributed by atoms with van der Waals surface area (Å²) in [5.41, 5.74) is 1.38. The number of amides is 3. The van der Waals surface area contributed by atoms with Crippen LogP contribution in [-0.4, -0.2) is 40.1 Å². The minimum atomic E-state index is -0.506. The van der Waals surface area contributed by atoms with Gasteiger partial charge in [-0.3, -0.25) is 9.88 Å². The van der Waals surface area contributed by atoms with Gasteiger partial charge in [0.15, 0.2) is 0 Å². The van der Waals surface area contributed by atoms with Gasteiger partial charge in [0.05, 0.1) is 11.0 Å². The lowest BCUT2D eigenvalue weighted by Crippen LogP contribution is -2.42. The molecule has 94 valence electrons. The molecule has 0 atom stereocenters. The molecular weight excluding hydrogens is 232 g/mol. The van der Waals surface area contributed by atoms with E-state index in [1.165, 1.54) is 15.8 Å². The highest BCUT2D eigenvalue weighted by Crippen LogP contribution is 2.11. The molecule has 0 bridgehead atoms. The fourth-order valence-corrected chi connectivity index (χ4v) is 1.51. The first kappa shape index (κ1) is 12.1. The van der Waals surface area contributed by atoms with Crippen molar-refractivity contribution in [1.29, 1.82) is 0 Å². The van der Waals surface area contributed by atoms with E-state index in [0.29, 0.717) is 17.6 Å². The van der Waals surface area contributed by atoms with E-state index in [0.717, 1.165) is 0 Å². The summed E-state index contributed by atoms with van der Waals surface area (Å²) in [6, 6.07) is 6.30. The van der Waals surface area contributed by atoms with E-state index < -0.39 is 12.1 Å². The lowest BCUT2D eigenvalue weighted by atomic mass is 10.3. The van der Waals surface area contributed by atoms with Crippen molar-refractivity contribution in [3.05, 3.63) is 30.6 Å². The first-order valence-corrected chi connectivity index (χ1v) is 5.62. The third-order valence-electron chi connectivity index (χ3n) is 2.71. The van der Waals surface area contributed by atoms with Gasteiger partial charge in [0.2, 0.25) is 0 Å². The van der Waals surface area contributed by atoms with Crippen molar-refractivity contribution in [1.82, 2.24) is 19.8 Å². The number of urea groups is 1. The highest BCUT2D eigenvalue weighted by Gasteiger charge is 2.14. The Bertz CT molecular complexity index is 591. The number of benzene rings is 1. The molecule has 0 unspecified atom stereocenters. The molecule has 1 aromatic carbocycles. The number of aromatic nitrogens is 2. The molecule has 0 aliphatic heterocycles. The van der Waals surface area contributed by atoms with Crippen molar-refractivity contribution in [3.8, 4) is 0 Å². The quantitative estimate of drug-likeness (QED) is 0.832. The van der Waals surface area contributed by atoms with Crippen LogP contribution in [0.25, 0.3) is 11.0 Å². The SMILES string of the molecule is CCN(C)C(=O)NC(=O)n1cnc2ccccc21. The number of hydrogen-bond acceptors (Lipinski definition) is 3. The minimum absolute atomic E-state index is 0.430. The van der Waals surface area contributed by atoms with Crippen LogP contribution in [0.15, 0.2) is 30.6 Å². The zero-order valence-electron chi connectivity index (χ0n) is 10.3. The zero-order chi connectivity index (χ0) is 13.1. The van der Waals surface area contributed by atoms with Crippen molar-refractivity contribution >= 4 is 23.1 Å². The van der Waals surface area contributed by atoms with E-state index in [1.54, 1.807) is 19.2 Å². The van der Waals surface area contributed by atoms with E-state index in [4.69, 9.17) is 0 Å². The number of imidazole rings is 1. The first-order valence-electron chi connectivity index (χ1n) is 5.62. The Morgan fingerprint density at radius 1 is 1.39 bits per heavy atom. The molecular formula is C12H14N4O2. The van der Waals surface area contributed by atoms with Crippen LogP contribution in [0.1, 0.15) is 6.92 Å². The van der Waals surface area contributed by atoms with Crippen molar-refractivity contribution in [2.75, 3.05) is 13.6 Å². The smallest absolute Gasteiger partial charge is 0.328 e.